The molecule has 1 rings (SSSR count). The Bertz CT molecular complexity index is 294. The Labute approximate surface area is 87.2 Å². The van der Waals surface area contributed by atoms with Crippen LogP contribution in [0, 0.1) is 0 Å². The normalized spacial score (nSPS) is 10.1. The average Bonchev–Trinajstić information content (AvgIpc) is 2.54. The third-order valence-corrected chi connectivity index (χ3v) is 2.93. The highest BCUT2D eigenvalue weighted by atomic mass is 32.2. The summed E-state index contributed by atoms with van der Waals surface area (Å²) in [7, 11) is 0. The van der Waals surface area contributed by atoms with Gasteiger partial charge in [-0.25, -0.2) is 4.98 Å². The number of hydrogen-bond acceptors (Lipinski definition) is 4. The van der Waals surface area contributed by atoms with Crippen molar-refractivity contribution in [3.05, 3.63) is 11.1 Å². The zero-order chi connectivity index (χ0) is 9.84. The summed E-state index contributed by atoms with van der Waals surface area (Å²) in [5, 5.41) is 0. The summed E-state index contributed by atoms with van der Waals surface area (Å²) >= 11 is 5.38. The average molecular weight is 216 g/mol. The van der Waals surface area contributed by atoms with E-state index in [9.17, 15) is 4.79 Å². The minimum atomic E-state index is 0.0443. The number of hydrogen-bond donors (Lipinski definition) is 1. The predicted octanol–water partition coefficient (Wildman–Crippen LogP) is 1.91. The van der Waals surface area contributed by atoms with Crippen LogP contribution in [0.1, 0.15) is 23.5 Å². The number of nitrogens with zero attached hydrogens (tertiary/aromatic N) is 2. The van der Waals surface area contributed by atoms with E-state index in [-0.39, 0.29) is 5.91 Å². The SMILES string of the molecule is CCN(CC)C(=O)c1cnc(S)s1. The lowest BCUT2D eigenvalue weighted by molar-refractivity contribution is 0.0777. The Kier molecular flexibility index (Phi) is 3.74. The summed E-state index contributed by atoms with van der Waals surface area (Å²) in [6.45, 7) is 5.39. The summed E-state index contributed by atoms with van der Waals surface area (Å²) in [6.07, 6.45) is 1.58. The summed E-state index contributed by atoms with van der Waals surface area (Å²) < 4.78 is 0.635. The topological polar surface area (TPSA) is 33.2 Å². The zero-order valence-electron chi connectivity index (χ0n) is 7.65. The minimum absolute atomic E-state index is 0.0443. The molecule has 0 aliphatic heterocycles. The van der Waals surface area contributed by atoms with Crippen LogP contribution in [-0.2, 0) is 0 Å². The molecule has 0 aliphatic rings. The van der Waals surface area contributed by atoms with Crippen LogP contribution < -0.4 is 0 Å². The fraction of sp³-hybridized carbons (Fsp3) is 0.500. The lowest BCUT2D eigenvalue weighted by Gasteiger charge is -2.16. The van der Waals surface area contributed by atoms with Gasteiger partial charge in [0, 0.05) is 13.1 Å². The molecule has 0 radical (unpaired) electrons. The van der Waals surface area contributed by atoms with Crippen LogP contribution in [0.5, 0.6) is 0 Å². The van der Waals surface area contributed by atoms with Crippen molar-refractivity contribution in [1.82, 2.24) is 9.88 Å². The van der Waals surface area contributed by atoms with Gasteiger partial charge in [0.1, 0.15) is 9.22 Å². The van der Waals surface area contributed by atoms with Gasteiger partial charge in [-0.05, 0) is 13.8 Å². The maximum Gasteiger partial charge on any atom is 0.265 e. The number of carbonyl (C=O) groups is 1. The van der Waals surface area contributed by atoms with Gasteiger partial charge in [0.2, 0.25) is 0 Å². The van der Waals surface area contributed by atoms with Crippen LogP contribution in [0.25, 0.3) is 0 Å². The quantitative estimate of drug-likeness (QED) is 0.783. The number of thiol groups is 1. The maximum atomic E-state index is 11.7. The first-order valence-corrected chi connectivity index (χ1v) is 5.39. The van der Waals surface area contributed by atoms with Crippen molar-refractivity contribution in [1.29, 1.82) is 0 Å². The first-order valence-electron chi connectivity index (χ1n) is 4.13. The molecule has 0 bridgehead atoms. The van der Waals surface area contributed by atoms with E-state index in [0.29, 0.717) is 9.22 Å². The second-order valence-corrected chi connectivity index (χ2v) is 4.24. The van der Waals surface area contributed by atoms with E-state index in [1.807, 2.05) is 13.8 Å². The van der Waals surface area contributed by atoms with E-state index < -0.39 is 0 Å². The fourth-order valence-electron chi connectivity index (χ4n) is 1.03. The molecule has 1 aromatic heterocycles. The monoisotopic (exact) mass is 216 g/mol. The molecule has 3 nitrogen and oxygen atoms in total. The molecular formula is C8H12N2OS2. The summed E-state index contributed by atoms with van der Waals surface area (Å²) in [5.41, 5.74) is 0. The molecule has 13 heavy (non-hydrogen) atoms. The number of thiazole rings is 1. The first kappa shape index (κ1) is 10.5. The molecule has 0 spiro atoms. The molecular weight excluding hydrogens is 204 g/mol. The lowest BCUT2D eigenvalue weighted by Crippen LogP contribution is -2.29. The zero-order valence-corrected chi connectivity index (χ0v) is 9.36. The van der Waals surface area contributed by atoms with E-state index in [2.05, 4.69) is 17.6 Å². The van der Waals surface area contributed by atoms with E-state index in [1.54, 1.807) is 11.1 Å². The van der Waals surface area contributed by atoms with Gasteiger partial charge >= 0.3 is 0 Å². The van der Waals surface area contributed by atoms with Gasteiger partial charge in [0.15, 0.2) is 0 Å². The van der Waals surface area contributed by atoms with Crippen molar-refractivity contribution in [3.8, 4) is 0 Å². The molecule has 0 fully saturated rings. The van der Waals surface area contributed by atoms with Crippen molar-refractivity contribution in [2.24, 2.45) is 0 Å². The lowest BCUT2D eigenvalue weighted by atomic mass is 10.4. The Morgan fingerprint density at radius 3 is 2.62 bits per heavy atom. The highest BCUT2D eigenvalue weighted by Crippen LogP contribution is 2.17. The first-order chi connectivity index (χ1) is 6.19. The van der Waals surface area contributed by atoms with E-state index in [1.165, 1.54) is 11.3 Å². The second-order valence-electron chi connectivity index (χ2n) is 2.48. The van der Waals surface area contributed by atoms with Crippen LogP contribution in [-0.4, -0.2) is 28.9 Å². The Morgan fingerprint density at radius 1 is 1.62 bits per heavy atom. The maximum absolute atomic E-state index is 11.7. The molecule has 0 saturated carbocycles. The van der Waals surface area contributed by atoms with Gasteiger partial charge in [-0.1, -0.05) is 0 Å². The van der Waals surface area contributed by atoms with Gasteiger partial charge in [0.05, 0.1) is 6.20 Å². The highest BCUT2D eigenvalue weighted by molar-refractivity contribution is 7.82. The van der Waals surface area contributed by atoms with Crippen LogP contribution >= 0.6 is 24.0 Å². The fourth-order valence-corrected chi connectivity index (χ4v) is 2.01. The van der Waals surface area contributed by atoms with Crippen molar-refractivity contribution in [2.75, 3.05) is 13.1 Å². The molecule has 0 saturated heterocycles. The Balaban J connectivity index is 2.78. The molecule has 1 heterocycles. The third-order valence-electron chi connectivity index (χ3n) is 1.75. The smallest absolute Gasteiger partial charge is 0.265 e. The summed E-state index contributed by atoms with van der Waals surface area (Å²) in [4.78, 5) is 18.0. The van der Waals surface area contributed by atoms with Crippen LogP contribution in [0.4, 0.5) is 0 Å². The molecule has 1 amide bonds. The van der Waals surface area contributed by atoms with Gasteiger partial charge in [-0.15, -0.1) is 24.0 Å². The van der Waals surface area contributed by atoms with Crippen molar-refractivity contribution < 1.29 is 4.79 Å². The van der Waals surface area contributed by atoms with E-state index >= 15 is 0 Å². The summed E-state index contributed by atoms with van der Waals surface area (Å²) in [6, 6.07) is 0. The van der Waals surface area contributed by atoms with Crippen molar-refractivity contribution in [3.63, 3.8) is 0 Å². The van der Waals surface area contributed by atoms with Crippen LogP contribution in [0.3, 0.4) is 0 Å². The van der Waals surface area contributed by atoms with Crippen molar-refractivity contribution in [2.45, 2.75) is 18.2 Å². The molecule has 72 valence electrons. The number of aromatic nitrogens is 1. The standard InChI is InChI=1S/C8H12N2OS2/c1-3-10(4-2)7(11)6-5-9-8(12)13-6/h5H,3-4H2,1-2H3,(H,9,12). The largest absolute Gasteiger partial charge is 0.338 e. The number of amides is 1. The summed E-state index contributed by atoms with van der Waals surface area (Å²) in [5.74, 6) is 0.0443. The third kappa shape index (κ3) is 2.45. The number of carbonyl (C=O) groups excluding carboxylic acids is 1. The second kappa shape index (κ2) is 4.62. The van der Waals surface area contributed by atoms with Crippen molar-refractivity contribution >= 4 is 29.9 Å². The van der Waals surface area contributed by atoms with E-state index in [0.717, 1.165) is 13.1 Å². The van der Waals surface area contributed by atoms with Gasteiger partial charge < -0.3 is 4.90 Å². The van der Waals surface area contributed by atoms with Crippen LogP contribution in [0.15, 0.2) is 10.5 Å². The molecule has 1 aromatic rings. The molecule has 0 atom stereocenters. The van der Waals surface area contributed by atoms with Gasteiger partial charge in [0.25, 0.3) is 5.91 Å². The highest BCUT2D eigenvalue weighted by Gasteiger charge is 2.14. The Morgan fingerprint density at radius 2 is 2.23 bits per heavy atom. The predicted molar refractivity (Wildman–Crippen MR) is 56.6 cm³/mol. The van der Waals surface area contributed by atoms with Gasteiger partial charge in [-0.2, -0.15) is 0 Å². The minimum Gasteiger partial charge on any atom is -0.338 e. The molecule has 0 aliphatic carbocycles. The Hall–Kier alpha value is -0.550. The molecule has 5 heteroatoms. The van der Waals surface area contributed by atoms with E-state index in [4.69, 9.17) is 0 Å². The number of rotatable bonds is 3. The molecule has 0 N–H and O–H groups in total. The van der Waals surface area contributed by atoms with Crippen LogP contribution in [0.2, 0.25) is 0 Å². The molecule has 0 unspecified atom stereocenters. The van der Waals surface area contributed by atoms with Gasteiger partial charge in [-0.3, -0.25) is 4.79 Å². The molecule has 0 aromatic carbocycles.